The first-order valence-corrected chi connectivity index (χ1v) is 9.51. The van der Waals surface area contributed by atoms with Crippen LogP contribution >= 0.6 is 23.8 Å². The number of nitrogens with one attached hydrogen (secondary N) is 1. The molecule has 4 aromatic rings. The van der Waals surface area contributed by atoms with E-state index in [1.807, 2.05) is 51.8 Å². The molecule has 7 nitrogen and oxygen atoms in total. The molecular weight excluding hydrogens is 382 g/mol. The van der Waals surface area contributed by atoms with Crippen LogP contribution in [0, 0.1) is 4.77 Å². The van der Waals surface area contributed by atoms with Crippen LogP contribution in [0.5, 0.6) is 0 Å². The van der Waals surface area contributed by atoms with E-state index < -0.39 is 0 Å². The first-order valence-electron chi connectivity index (χ1n) is 8.72. The minimum absolute atomic E-state index is 0.496. The van der Waals surface area contributed by atoms with Crippen molar-refractivity contribution in [3.05, 3.63) is 52.6 Å². The van der Waals surface area contributed by atoms with E-state index in [0.717, 1.165) is 30.2 Å². The number of halogens is 1. The fourth-order valence-corrected chi connectivity index (χ4v) is 3.81. The van der Waals surface area contributed by atoms with Crippen molar-refractivity contribution in [1.82, 2.24) is 29.1 Å². The lowest BCUT2D eigenvalue weighted by atomic mass is 10.3. The van der Waals surface area contributed by atoms with Crippen molar-refractivity contribution in [2.45, 2.75) is 12.8 Å². The van der Waals surface area contributed by atoms with E-state index in [2.05, 4.69) is 25.1 Å². The molecule has 0 bridgehead atoms. The Kier molecular flexibility index (Phi) is 3.95. The fraction of sp³-hybridized carbons (Fsp3) is 0.222. The van der Waals surface area contributed by atoms with Crippen molar-refractivity contribution in [1.29, 1.82) is 0 Å². The number of anilines is 1. The van der Waals surface area contributed by atoms with E-state index >= 15 is 0 Å². The first-order chi connectivity index (χ1) is 13.2. The first kappa shape index (κ1) is 16.5. The summed E-state index contributed by atoms with van der Waals surface area (Å²) < 4.78 is 4.24. The predicted molar refractivity (Wildman–Crippen MR) is 107 cm³/mol. The van der Waals surface area contributed by atoms with Crippen LogP contribution in [0.4, 0.5) is 5.82 Å². The average molecular weight is 398 g/mol. The largest absolute Gasteiger partial charge is 0.357 e. The van der Waals surface area contributed by atoms with E-state index in [9.17, 15) is 0 Å². The molecule has 0 saturated carbocycles. The van der Waals surface area contributed by atoms with Crippen LogP contribution in [0.1, 0.15) is 12.8 Å². The molecule has 1 fully saturated rings. The van der Waals surface area contributed by atoms with Gasteiger partial charge in [-0.2, -0.15) is 5.10 Å². The molecule has 5 heterocycles. The number of rotatable bonds is 3. The smallest absolute Gasteiger partial charge is 0.200 e. The van der Waals surface area contributed by atoms with Gasteiger partial charge in [-0.3, -0.25) is 9.67 Å². The van der Waals surface area contributed by atoms with Crippen LogP contribution in [-0.4, -0.2) is 42.2 Å². The summed E-state index contributed by atoms with van der Waals surface area (Å²) in [6.07, 6.45) is 8.04. The summed E-state index contributed by atoms with van der Waals surface area (Å²) >= 11 is 11.5. The number of pyridine rings is 2. The molecule has 0 unspecified atom stereocenters. The highest BCUT2D eigenvalue weighted by atomic mass is 35.5. The van der Waals surface area contributed by atoms with Gasteiger partial charge in [-0.25, -0.2) is 9.97 Å². The Morgan fingerprint density at radius 3 is 2.78 bits per heavy atom. The van der Waals surface area contributed by atoms with Crippen molar-refractivity contribution >= 4 is 35.3 Å². The lowest BCUT2D eigenvalue weighted by Gasteiger charge is -2.16. The third-order valence-electron chi connectivity index (χ3n) is 4.74. The number of nitrogens with zero attached hydrogens (tertiary/aromatic N) is 6. The second-order valence-corrected chi connectivity index (χ2v) is 7.32. The maximum absolute atomic E-state index is 6.06. The zero-order valence-corrected chi connectivity index (χ0v) is 15.9. The molecule has 1 saturated heterocycles. The summed E-state index contributed by atoms with van der Waals surface area (Å²) in [5.41, 5.74) is 2.30. The highest BCUT2D eigenvalue weighted by molar-refractivity contribution is 7.71. The van der Waals surface area contributed by atoms with Gasteiger partial charge in [0.25, 0.3) is 0 Å². The van der Waals surface area contributed by atoms with Crippen LogP contribution in [0.25, 0.3) is 22.9 Å². The van der Waals surface area contributed by atoms with Crippen LogP contribution in [-0.2, 0) is 0 Å². The van der Waals surface area contributed by atoms with Crippen molar-refractivity contribution < 1.29 is 0 Å². The number of hydrogen-bond acceptors (Lipinski definition) is 5. The summed E-state index contributed by atoms with van der Waals surface area (Å²) in [5.74, 6) is 1.63. The molecule has 0 spiro atoms. The fourth-order valence-electron chi connectivity index (χ4n) is 3.42. The number of H-pyrrole nitrogens is 1. The number of imidazole rings is 1. The summed E-state index contributed by atoms with van der Waals surface area (Å²) in [5, 5.41) is 7.88. The van der Waals surface area contributed by atoms with E-state index in [1.165, 1.54) is 12.8 Å². The highest BCUT2D eigenvalue weighted by Gasteiger charge is 2.17. The molecule has 136 valence electrons. The zero-order valence-electron chi connectivity index (χ0n) is 14.3. The molecule has 0 radical (unpaired) electrons. The standard InChI is InChI=1S/C18H16ClN7S/c19-12-5-8-25-11-14(21-16(25)9-12)17-22-23-18(27)26(17)13-3-4-15(20-10-13)24-6-1-2-7-24/h3-5,8-11H,1-2,6-7H2,(H,23,27). The quantitative estimate of drug-likeness (QED) is 0.531. The van der Waals surface area contributed by atoms with Gasteiger partial charge in [0.15, 0.2) is 10.6 Å². The topological polar surface area (TPSA) is 67.0 Å². The third-order valence-corrected chi connectivity index (χ3v) is 5.25. The number of aromatic nitrogens is 6. The Balaban J connectivity index is 1.57. The molecular formula is C18H16ClN7S. The maximum atomic E-state index is 6.06. The van der Waals surface area contributed by atoms with Gasteiger partial charge in [0.1, 0.15) is 17.2 Å². The number of fused-ring (bicyclic) bond motifs is 1. The molecule has 1 N–H and O–H groups in total. The molecule has 0 aromatic carbocycles. The molecule has 27 heavy (non-hydrogen) atoms. The van der Waals surface area contributed by atoms with Gasteiger partial charge in [0.05, 0.1) is 11.9 Å². The molecule has 0 amide bonds. The summed E-state index contributed by atoms with van der Waals surface area (Å²) in [4.78, 5) is 11.5. The molecule has 0 aliphatic carbocycles. The van der Waals surface area contributed by atoms with Gasteiger partial charge in [0, 0.05) is 36.6 Å². The Hall–Kier alpha value is -2.71. The second-order valence-electron chi connectivity index (χ2n) is 6.49. The molecule has 0 atom stereocenters. The summed E-state index contributed by atoms with van der Waals surface area (Å²) in [6.45, 7) is 2.12. The Bertz CT molecular complexity index is 1170. The van der Waals surface area contributed by atoms with Gasteiger partial charge >= 0.3 is 0 Å². The van der Waals surface area contributed by atoms with E-state index in [1.54, 1.807) is 0 Å². The summed E-state index contributed by atoms with van der Waals surface area (Å²) in [7, 11) is 0. The van der Waals surface area contributed by atoms with Crippen LogP contribution in [0.3, 0.4) is 0 Å². The van der Waals surface area contributed by atoms with E-state index in [-0.39, 0.29) is 0 Å². The molecule has 9 heteroatoms. The lowest BCUT2D eigenvalue weighted by Crippen LogP contribution is -2.18. The Labute approximate surface area is 165 Å². The predicted octanol–water partition coefficient (Wildman–Crippen LogP) is 3.89. The monoisotopic (exact) mass is 397 g/mol. The Morgan fingerprint density at radius 2 is 2.00 bits per heavy atom. The van der Waals surface area contributed by atoms with Crippen LogP contribution < -0.4 is 4.90 Å². The lowest BCUT2D eigenvalue weighted by molar-refractivity contribution is 0.929. The molecule has 4 aromatic heterocycles. The maximum Gasteiger partial charge on any atom is 0.200 e. The molecule has 5 rings (SSSR count). The number of hydrogen-bond donors (Lipinski definition) is 1. The van der Waals surface area contributed by atoms with Gasteiger partial charge in [-0.15, -0.1) is 0 Å². The molecule has 1 aliphatic heterocycles. The van der Waals surface area contributed by atoms with Gasteiger partial charge < -0.3 is 9.30 Å². The average Bonchev–Trinajstić information content (AvgIpc) is 3.40. The Morgan fingerprint density at radius 1 is 1.15 bits per heavy atom. The highest BCUT2D eigenvalue weighted by Crippen LogP contribution is 2.24. The normalized spacial score (nSPS) is 14.3. The van der Waals surface area contributed by atoms with Crippen LogP contribution in [0.15, 0.2) is 42.9 Å². The van der Waals surface area contributed by atoms with E-state index in [0.29, 0.717) is 21.3 Å². The second kappa shape index (κ2) is 6.47. The molecule has 1 aliphatic rings. The van der Waals surface area contributed by atoms with Crippen molar-refractivity contribution in [3.8, 4) is 17.2 Å². The van der Waals surface area contributed by atoms with Crippen molar-refractivity contribution in [2.24, 2.45) is 0 Å². The van der Waals surface area contributed by atoms with Crippen LogP contribution in [0.2, 0.25) is 5.02 Å². The number of aromatic amines is 1. The summed E-state index contributed by atoms with van der Waals surface area (Å²) in [6, 6.07) is 7.67. The minimum Gasteiger partial charge on any atom is -0.357 e. The van der Waals surface area contributed by atoms with Crippen molar-refractivity contribution in [3.63, 3.8) is 0 Å². The van der Waals surface area contributed by atoms with Gasteiger partial charge in [0.2, 0.25) is 0 Å². The SMILES string of the molecule is S=c1[nH]nc(-c2cn3ccc(Cl)cc3n2)n1-c1ccc(N2CCCC2)nc1. The third kappa shape index (κ3) is 2.90. The van der Waals surface area contributed by atoms with Gasteiger partial charge in [-0.1, -0.05) is 11.6 Å². The van der Waals surface area contributed by atoms with Gasteiger partial charge in [-0.05, 0) is 43.3 Å². The minimum atomic E-state index is 0.496. The van der Waals surface area contributed by atoms with E-state index in [4.69, 9.17) is 23.8 Å². The zero-order chi connectivity index (χ0) is 18.4. The van der Waals surface area contributed by atoms with Crippen molar-refractivity contribution in [2.75, 3.05) is 18.0 Å².